The van der Waals surface area contributed by atoms with Crippen LogP contribution in [0.2, 0.25) is 0 Å². The van der Waals surface area contributed by atoms with Crippen molar-refractivity contribution in [2.45, 2.75) is 83.2 Å². The van der Waals surface area contributed by atoms with Crippen LogP contribution in [-0.2, 0) is 4.79 Å². The Bertz CT molecular complexity index is 306. The van der Waals surface area contributed by atoms with Gasteiger partial charge < -0.3 is 11.1 Å². The molecule has 3 heteroatoms. The summed E-state index contributed by atoms with van der Waals surface area (Å²) < 4.78 is 0. The van der Waals surface area contributed by atoms with Crippen molar-refractivity contribution >= 4 is 5.91 Å². The quantitative estimate of drug-likeness (QED) is 0.794. The van der Waals surface area contributed by atoms with Gasteiger partial charge in [0, 0.05) is 6.04 Å². The Morgan fingerprint density at radius 2 is 1.67 bits per heavy atom. The number of hydrogen-bond acceptors (Lipinski definition) is 2. The molecule has 1 unspecified atom stereocenters. The van der Waals surface area contributed by atoms with Crippen LogP contribution < -0.4 is 11.1 Å². The molecule has 2 aliphatic rings. The second-order valence-corrected chi connectivity index (χ2v) is 6.98. The molecule has 0 aromatic rings. The van der Waals surface area contributed by atoms with Gasteiger partial charge in [-0.2, -0.15) is 0 Å². The molecule has 0 bridgehead atoms. The summed E-state index contributed by atoms with van der Waals surface area (Å²) in [5.74, 6) is 0.0992. The van der Waals surface area contributed by atoms with E-state index < -0.39 is 5.54 Å². The molecule has 104 valence electrons. The van der Waals surface area contributed by atoms with Crippen LogP contribution in [0.4, 0.5) is 0 Å². The molecule has 0 aliphatic heterocycles. The second-order valence-electron chi connectivity index (χ2n) is 6.98. The third-order valence-corrected chi connectivity index (χ3v) is 5.01. The van der Waals surface area contributed by atoms with Gasteiger partial charge in [-0.05, 0) is 31.1 Å². The zero-order valence-electron chi connectivity index (χ0n) is 11.9. The number of rotatable bonds is 2. The molecule has 3 N–H and O–H groups in total. The SMILES string of the molecule is CC1(C)CCCCC1NC(=O)C1(N)CCCCC1. The lowest BCUT2D eigenvalue weighted by atomic mass is 9.72. The lowest BCUT2D eigenvalue weighted by molar-refractivity contribution is -0.129. The molecule has 2 rings (SSSR count). The van der Waals surface area contributed by atoms with Gasteiger partial charge in [0.1, 0.15) is 0 Å². The molecular weight excluding hydrogens is 224 g/mol. The molecule has 2 saturated carbocycles. The van der Waals surface area contributed by atoms with Crippen molar-refractivity contribution in [2.24, 2.45) is 11.1 Å². The lowest BCUT2D eigenvalue weighted by Gasteiger charge is -2.41. The van der Waals surface area contributed by atoms with E-state index in [0.29, 0.717) is 6.04 Å². The summed E-state index contributed by atoms with van der Waals surface area (Å²) in [6.07, 6.45) is 9.94. The maximum atomic E-state index is 12.4. The number of carbonyl (C=O) groups is 1. The second kappa shape index (κ2) is 5.20. The third kappa shape index (κ3) is 2.87. The lowest BCUT2D eigenvalue weighted by Crippen LogP contribution is -2.59. The van der Waals surface area contributed by atoms with Gasteiger partial charge in [-0.15, -0.1) is 0 Å². The first-order valence-corrected chi connectivity index (χ1v) is 7.54. The Labute approximate surface area is 111 Å². The summed E-state index contributed by atoms with van der Waals surface area (Å²) in [6.45, 7) is 4.53. The van der Waals surface area contributed by atoms with Crippen LogP contribution in [0.3, 0.4) is 0 Å². The summed E-state index contributed by atoms with van der Waals surface area (Å²) >= 11 is 0. The Kier molecular flexibility index (Phi) is 4.00. The summed E-state index contributed by atoms with van der Waals surface area (Å²) in [5.41, 5.74) is 5.93. The smallest absolute Gasteiger partial charge is 0.240 e. The molecule has 2 aliphatic carbocycles. The molecule has 0 saturated heterocycles. The highest BCUT2D eigenvalue weighted by molar-refractivity contribution is 5.86. The molecule has 0 aromatic carbocycles. The van der Waals surface area contributed by atoms with Gasteiger partial charge in [-0.1, -0.05) is 46.0 Å². The van der Waals surface area contributed by atoms with Crippen molar-refractivity contribution in [1.82, 2.24) is 5.32 Å². The largest absolute Gasteiger partial charge is 0.351 e. The molecule has 0 heterocycles. The molecular formula is C15H28N2O. The fraction of sp³-hybridized carbons (Fsp3) is 0.933. The number of nitrogens with one attached hydrogen (secondary N) is 1. The molecule has 0 spiro atoms. The molecule has 18 heavy (non-hydrogen) atoms. The van der Waals surface area contributed by atoms with Crippen LogP contribution >= 0.6 is 0 Å². The van der Waals surface area contributed by atoms with E-state index >= 15 is 0 Å². The van der Waals surface area contributed by atoms with Crippen molar-refractivity contribution in [3.63, 3.8) is 0 Å². The van der Waals surface area contributed by atoms with E-state index in [-0.39, 0.29) is 11.3 Å². The predicted molar refractivity (Wildman–Crippen MR) is 74.2 cm³/mol. The molecule has 0 radical (unpaired) electrons. The van der Waals surface area contributed by atoms with Gasteiger partial charge in [-0.3, -0.25) is 4.79 Å². The molecule has 2 fully saturated rings. The first-order chi connectivity index (χ1) is 8.44. The van der Waals surface area contributed by atoms with E-state index in [2.05, 4.69) is 19.2 Å². The predicted octanol–water partition coefficient (Wildman–Crippen LogP) is 2.73. The minimum Gasteiger partial charge on any atom is -0.351 e. The monoisotopic (exact) mass is 252 g/mol. The normalized spacial score (nSPS) is 30.7. The third-order valence-electron chi connectivity index (χ3n) is 5.01. The van der Waals surface area contributed by atoms with Crippen LogP contribution in [0.25, 0.3) is 0 Å². The average molecular weight is 252 g/mol. The van der Waals surface area contributed by atoms with Crippen LogP contribution in [0, 0.1) is 5.41 Å². The van der Waals surface area contributed by atoms with Crippen LogP contribution in [-0.4, -0.2) is 17.5 Å². The maximum absolute atomic E-state index is 12.4. The van der Waals surface area contributed by atoms with Crippen molar-refractivity contribution in [1.29, 1.82) is 0 Å². The maximum Gasteiger partial charge on any atom is 0.240 e. The molecule has 3 nitrogen and oxygen atoms in total. The number of hydrogen-bond donors (Lipinski definition) is 2. The number of carbonyl (C=O) groups excluding carboxylic acids is 1. The van der Waals surface area contributed by atoms with Crippen LogP contribution in [0.5, 0.6) is 0 Å². The van der Waals surface area contributed by atoms with Gasteiger partial charge in [0.25, 0.3) is 0 Å². The first-order valence-electron chi connectivity index (χ1n) is 7.54. The van der Waals surface area contributed by atoms with Gasteiger partial charge >= 0.3 is 0 Å². The van der Waals surface area contributed by atoms with Gasteiger partial charge in [0.15, 0.2) is 0 Å². The summed E-state index contributed by atoms with van der Waals surface area (Å²) in [4.78, 5) is 12.4. The van der Waals surface area contributed by atoms with E-state index in [9.17, 15) is 4.79 Å². The van der Waals surface area contributed by atoms with Crippen LogP contribution in [0.1, 0.15) is 71.6 Å². The average Bonchev–Trinajstić information content (AvgIpc) is 2.32. The van der Waals surface area contributed by atoms with Gasteiger partial charge in [0.2, 0.25) is 5.91 Å². The van der Waals surface area contributed by atoms with E-state index in [1.54, 1.807) is 0 Å². The van der Waals surface area contributed by atoms with E-state index in [1.165, 1.54) is 25.7 Å². The zero-order valence-corrected chi connectivity index (χ0v) is 11.9. The highest BCUT2D eigenvalue weighted by Gasteiger charge is 2.39. The Morgan fingerprint density at radius 3 is 2.28 bits per heavy atom. The Hall–Kier alpha value is -0.570. The Morgan fingerprint density at radius 1 is 1.06 bits per heavy atom. The highest BCUT2D eigenvalue weighted by atomic mass is 16.2. The highest BCUT2D eigenvalue weighted by Crippen LogP contribution is 2.36. The minimum atomic E-state index is -0.591. The van der Waals surface area contributed by atoms with E-state index in [0.717, 1.165) is 32.1 Å². The standard InChI is InChI=1S/C15H28N2O/c1-14(2)9-7-4-8-12(14)17-13(18)15(16)10-5-3-6-11-15/h12H,3-11,16H2,1-2H3,(H,17,18). The fourth-order valence-electron chi connectivity index (χ4n) is 3.47. The topological polar surface area (TPSA) is 55.1 Å². The van der Waals surface area contributed by atoms with Crippen LogP contribution in [0.15, 0.2) is 0 Å². The van der Waals surface area contributed by atoms with Crippen molar-refractivity contribution in [3.05, 3.63) is 0 Å². The number of nitrogens with two attached hydrogens (primary N) is 1. The number of amides is 1. The van der Waals surface area contributed by atoms with Crippen molar-refractivity contribution < 1.29 is 4.79 Å². The van der Waals surface area contributed by atoms with Crippen molar-refractivity contribution in [2.75, 3.05) is 0 Å². The first kappa shape index (κ1) is 13.9. The summed E-state index contributed by atoms with van der Waals surface area (Å²) in [6, 6.07) is 0.307. The van der Waals surface area contributed by atoms with E-state index in [4.69, 9.17) is 5.73 Å². The summed E-state index contributed by atoms with van der Waals surface area (Å²) in [7, 11) is 0. The van der Waals surface area contributed by atoms with Crippen molar-refractivity contribution in [3.8, 4) is 0 Å². The Balaban J connectivity index is 1.97. The minimum absolute atomic E-state index is 0.0992. The summed E-state index contributed by atoms with van der Waals surface area (Å²) in [5, 5.41) is 3.26. The molecule has 0 aromatic heterocycles. The molecule has 1 atom stereocenters. The van der Waals surface area contributed by atoms with E-state index in [1.807, 2.05) is 0 Å². The zero-order chi connectivity index (χ0) is 13.2. The molecule has 1 amide bonds. The van der Waals surface area contributed by atoms with Gasteiger partial charge in [-0.25, -0.2) is 0 Å². The fourth-order valence-corrected chi connectivity index (χ4v) is 3.47. The van der Waals surface area contributed by atoms with Gasteiger partial charge in [0.05, 0.1) is 5.54 Å².